The van der Waals surface area contributed by atoms with Crippen LogP contribution in [0.2, 0.25) is 0 Å². The summed E-state index contributed by atoms with van der Waals surface area (Å²) in [6.07, 6.45) is 0. The molecule has 0 aliphatic rings. The van der Waals surface area contributed by atoms with E-state index in [0.717, 1.165) is 6.54 Å². The molecule has 1 rings (SSSR count). The van der Waals surface area contributed by atoms with Gasteiger partial charge in [0.15, 0.2) is 0 Å². The Balaban J connectivity index is 0.00000144. The number of rotatable bonds is 3. The molecule has 1 N–H and O–H groups in total. The maximum absolute atomic E-state index is 3.36. The number of para-hydroxylation sites is 1. The number of benzene rings is 1. The van der Waals surface area contributed by atoms with Crippen LogP contribution in [-0.4, -0.2) is 6.54 Å². The van der Waals surface area contributed by atoms with Gasteiger partial charge in [0.2, 0.25) is 0 Å². The van der Waals surface area contributed by atoms with Crippen molar-refractivity contribution in [3.8, 4) is 0 Å². The lowest BCUT2D eigenvalue weighted by Gasteiger charge is -2.12. The summed E-state index contributed by atoms with van der Waals surface area (Å²) in [6, 6.07) is 8.49. The molecule has 0 atom stereocenters. The molecule has 0 aliphatic carbocycles. The predicted molar refractivity (Wildman–Crippen MR) is 56.8 cm³/mol. The average Bonchev–Trinajstić information content (AvgIpc) is 2.05. The molecule has 0 saturated heterocycles. The number of anilines is 1. The summed E-state index contributed by atoms with van der Waals surface area (Å²) in [7, 11) is 0. The van der Waals surface area contributed by atoms with Crippen LogP contribution >= 0.6 is 0 Å². The van der Waals surface area contributed by atoms with E-state index in [4.69, 9.17) is 0 Å². The van der Waals surface area contributed by atoms with Gasteiger partial charge in [-0.15, -0.1) is 0 Å². The zero-order valence-electron chi connectivity index (χ0n) is 8.09. The van der Waals surface area contributed by atoms with E-state index in [1.807, 2.05) is 0 Å². The molecular weight excluding hydrogens is 146 g/mol. The fraction of sp³-hybridized carbons (Fsp3) is 0.455. The van der Waals surface area contributed by atoms with E-state index < -0.39 is 0 Å². The lowest BCUT2D eigenvalue weighted by molar-refractivity contribution is 0.866. The number of hydrogen-bond acceptors (Lipinski definition) is 1. The molecule has 0 aromatic heterocycles. The minimum absolute atomic E-state index is 0. The van der Waals surface area contributed by atoms with Gasteiger partial charge in [0.1, 0.15) is 0 Å². The third-order valence-electron chi connectivity index (χ3n) is 1.95. The lowest BCUT2D eigenvalue weighted by Crippen LogP contribution is -2.01. The molecule has 1 aromatic carbocycles. The van der Waals surface area contributed by atoms with Gasteiger partial charge < -0.3 is 5.32 Å². The SMILES string of the molecule is CCNc1ccccc1C(C)C.[HH]. The van der Waals surface area contributed by atoms with E-state index in [0.29, 0.717) is 5.92 Å². The third kappa shape index (κ3) is 2.00. The first-order chi connectivity index (χ1) is 5.75. The minimum Gasteiger partial charge on any atom is -0.385 e. The van der Waals surface area contributed by atoms with Gasteiger partial charge in [0, 0.05) is 13.7 Å². The van der Waals surface area contributed by atoms with Crippen molar-refractivity contribution in [1.82, 2.24) is 0 Å². The van der Waals surface area contributed by atoms with Crippen LogP contribution in [0.5, 0.6) is 0 Å². The quantitative estimate of drug-likeness (QED) is 0.723. The van der Waals surface area contributed by atoms with Crippen molar-refractivity contribution in [2.45, 2.75) is 26.7 Å². The summed E-state index contributed by atoms with van der Waals surface area (Å²) < 4.78 is 0. The molecule has 0 bridgehead atoms. The number of hydrogen-bond donors (Lipinski definition) is 1. The smallest absolute Gasteiger partial charge is 0.0375 e. The van der Waals surface area contributed by atoms with Crippen molar-refractivity contribution < 1.29 is 1.43 Å². The second kappa shape index (κ2) is 4.15. The highest BCUT2D eigenvalue weighted by molar-refractivity contribution is 5.52. The van der Waals surface area contributed by atoms with Crippen molar-refractivity contribution in [3.63, 3.8) is 0 Å². The normalized spacial score (nSPS) is 10.3. The molecule has 12 heavy (non-hydrogen) atoms. The van der Waals surface area contributed by atoms with Gasteiger partial charge in [-0.25, -0.2) is 0 Å². The second-order valence-corrected chi connectivity index (χ2v) is 3.27. The zero-order valence-corrected chi connectivity index (χ0v) is 8.09. The summed E-state index contributed by atoms with van der Waals surface area (Å²) in [6.45, 7) is 7.55. The van der Waals surface area contributed by atoms with E-state index >= 15 is 0 Å². The van der Waals surface area contributed by atoms with E-state index in [9.17, 15) is 0 Å². The first-order valence-corrected chi connectivity index (χ1v) is 4.58. The number of nitrogens with one attached hydrogen (secondary N) is 1. The van der Waals surface area contributed by atoms with Gasteiger partial charge in [0.05, 0.1) is 0 Å². The van der Waals surface area contributed by atoms with E-state index in [1.165, 1.54) is 11.3 Å². The van der Waals surface area contributed by atoms with Crippen molar-refractivity contribution in [3.05, 3.63) is 29.8 Å². The Morgan fingerprint density at radius 1 is 1.33 bits per heavy atom. The molecule has 0 aliphatic heterocycles. The highest BCUT2D eigenvalue weighted by Crippen LogP contribution is 2.23. The fourth-order valence-electron chi connectivity index (χ4n) is 1.35. The van der Waals surface area contributed by atoms with Crippen LogP contribution in [0.1, 0.15) is 33.7 Å². The van der Waals surface area contributed by atoms with Crippen molar-refractivity contribution >= 4 is 5.69 Å². The van der Waals surface area contributed by atoms with Crippen LogP contribution in [0.15, 0.2) is 24.3 Å². The molecule has 0 spiro atoms. The van der Waals surface area contributed by atoms with Gasteiger partial charge >= 0.3 is 0 Å². The summed E-state index contributed by atoms with van der Waals surface area (Å²) in [4.78, 5) is 0. The van der Waals surface area contributed by atoms with Gasteiger partial charge in [0.25, 0.3) is 0 Å². The molecule has 0 unspecified atom stereocenters. The van der Waals surface area contributed by atoms with Gasteiger partial charge in [-0.2, -0.15) is 0 Å². The summed E-state index contributed by atoms with van der Waals surface area (Å²) in [5.74, 6) is 0.597. The zero-order chi connectivity index (χ0) is 8.97. The molecular formula is C11H19N. The fourth-order valence-corrected chi connectivity index (χ4v) is 1.35. The average molecular weight is 165 g/mol. The lowest BCUT2D eigenvalue weighted by atomic mass is 10.0. The summed E-state index contributed by atoms with van der Waals surface area (Å²) >= 11 is 0. The first kappa shape index (κ1) is 9.11. The maximum Gasteiger partial charge on any atom is 0.0375 e. The minimum atomic E-state index is 0. The van der Waals surface area contributed by atoms with Crippen LogP contribution in [0.3, 0.4) is 0 Å². The first-order valence-electron chi connectivity index (χ1n) is 4.58. The molecule has 1 heteroatoms. The van der Waals surface area contributed by atoms with E-state index in [2.05, 4.69) is 50.4 Å². The van der Waals surface area contributed by atoms with Gasteiger partial charge in [-0.3, -0.25) is 0 Å². The highest BCUT2D eigenvalue weighted by Gasteiger charge is 2.03. The maximum atomic E-state index is 3.36. The highest BCUT2D eigenvalue weighted by atomic mass is 14.9. The Bertz CT molecular complexity index is 246. The Kier molecular flexibility index (Phi) is 3.15. The van der Waals surface area contributed by atoms with Crippen LogP contribution in [-0.2, 0) is 0 Å². The van der Waals surface area contributed by atoms with Crippen LogP contribution in [0.25, 0.3) is 0 Å². The Morgan fingerprint density at radius 2 is 2.00 bits per heavy atom. The van der Waals surface area contributed by atoms with Crippen LogP contribution in [0.4, 0.5) is 5.69 Å². The molecule has 1 aromatic rings. The van der Waals surface area contributed by atoms with Crippen LogP contribution in [0, 0.1) is 0 Å². The standard InChI is InChI=1S/C11H17N.H2/c1-4-12-11-8-6-5-7-10(11)9(2)3;/h5-9,12H,4H2,1-3H3;1H. The molecule has 0 fully saturated rings. The summed E-state index contributed by atoms with van der Waals surface area (Å²) in [5.41, 5.74) is 2.68. The van der Waals surface area contributed by atoms with Gasteiger partial charge in [-0.1, -0.05) is 32.0 Å². The van der Waals surface area contributed by atoms with Gasteiger partial charge in [-0.05, 0) is 24.5 Å². The monoisotopic (exact) mass is 165 g/mol. The van der Waals surface area contributed by atoms with Crippen molar-refractivity contribution in [2.75, 3.05) is 11.9 Å². The Labute approximate surface area is 76.3 Å². The van der Waals surface area contributed by atoms with Crippen LogP contribution < -0.4 is 5.32 Å². The molecule has 68 valence electrons. The topological polar surface area (TPSA) is 12.0 Å². The predicted octanol–water partition coefficient (Wildman–Crippen LogP) is 3.49. The van der Waals surface area contributed by atoms with E-state index in [-0.39, 0.29) is 1.43 Å². The van der Waals surface area contributed by atoms with Crippen molar-refractivity contribution in [2.24, 2.45) is 0 Å². The third-order valence-corrected chi connectivity index (χ3v) is 1.95. The van der Waals surface area contributed by atoms with E-state index in [1.54, 1.807) is 0 Å². The molecule has 0 saturated carbocycles. The Hall–Kier alpha value is -0.980. The largest absolute Gasteiger partial charge is 0.385 e. The molecule has 1 nitrogen and oxygen atoms in total. The summed E-state index contributed by atoms with van der Waals surface area (Å²) in [5, 5.41) is 3.36. The molecule has 0 amide bonds. The molecule has 0 heterocycles. The molecule has 0 radical (unpaired) electrons. The Morgan fingerprint density at radius 3 is 2.58 bits per heavy atom. The van der Waals surface area contributed by atoms with Crippen molar-refractivity contribution in [1.29, 1.82) is 0 Å². The second-order valence-electron chi connectivity index (χ2n) is 3.27.